The molecular weight excluding hydrogens is 223 g/mol. The van der Waals surface area contributed by atoms with Crippen LogP contribution in [0.5, 0.6) is 0 Å². The van der Waals surface area contributed by atoms with E-state index < -0.39 is 24.4 Å². The van der Waals surface area contributed by atoms with Crippen molar-refractivity contribution in [1.82, 2.24) is 5.32 Å². The Balaban J connectivity index is 2.51. The number of allylic oxidation sites excluding steroid dienone is 1. The molecule has 1 N–H and O–H groups in total. The predicted molar refractivity (Wildman–Crippen MR) is 50.4 cm³/mol. The minimum Gasteiger partial charge on any atom is -0.292 e. The molecule has 1 saturated heterocycles. The summed E-state index contributed by atoms with van der Waals surface area (Å²) >= 11 is 0. The molecule has 16 heavy (non-hydrogen) atoms. The van der Waals surface area contributed by atoms with Crippen LogP contribution in [-0.4, -0.2) is 18.0 Å². The fourth-order valence-corrected chi connectivity index (χ4v) is 1.54. The van der Waals surface area contributed by atoms with E-state index in [2.05, 4.69) is 5.32 Å². The van der Waals surface area contributed by atoms with Crippen LogP contribution in [0.4, 0.5) is 13.2 Å². The van der Waals surface area contributed by atoms with Gasteiger partial charge in [0.05, 0.1) is 6.42 Å². The SMILES string of the molecule is CC(CCCC(F)(F)F)=C1CC(=O)NC1=O. The molecule has 90 valence electrons. The van der Waals surface area contributed by atoms with E-state index in [-0.39, 0.29) is 19.3 Å². The van der Waals surface area contributed by atoms with E-state index in [0.29, 0.717) is 11.1 Å². The highest BCUT2D eigenvalue weighted by atomic mass is 19.4. The fraction of sp³-hybridized carbons (Fsp3) is 0.600. The number of alkyl halides is 3. The Morgan fingerprint density at radius 1 is 1.38 bits per heavy atom. The van der Waals surface area contributed by atoms with Gasteiger partial charge in [-0.05, 0) is 19.8 Å². The summed E-state index contributed by atoms with van der Waals surface area (Å²) in [7, 11) is 0. The number of hydrogen-bond acceptors (Lipinski definition) is 2. The van der Waals surface area contributed by atoms with E-state index in [4.69, 9.17) is 0 Å². The van der Waals surface area contributed by atoms with Crippen LogP contribution in [0, 0.1) is 0 Å². The zero-order chi connectivity index (χ0) is 12.3. The predicted octanol–water partition coefficient (Wildman–Crippen LogP) is 2.08. The zero-order valence-corrected chi connectivity index (χ0v) is 8.78. The van der Waals surface area contributed by atoms with Gasteiger partial charge >= 0.3 is 6.18 Å². The Labute approximate surface area is 90.7 Å². The Kier molecular flexibility index (Phi) is 3.72. The van der Waals surface area contributed by atoms with Crippen LogP contribution in [0.15, 0.2) is 11.1 Å². The van der Waals surface area contributed by atoms with Crippen molar-refractivity contribution in [2.45, 2.75) is 38.8 Å². The minimum absolute atomic E-state index is 0.0172. The molecular formula is C10H12F3NO2. The average Bonchev–Trinajstić information content (AvgIpc) is 2.43. The molecule has 0 aromatic rings. The van der Waals surface area contributed by atoms with Crippen LogP contribution in [0.2, 0.25) is 0 Å². The van der Waals surface area contributed by atoms with Crippen molar-refractivity contribution in [2.75, 3.05) is 0 Å². The summed E-state index contributed by atoms with van der Waals surface area (Å²) in [6.45, 7) is 1.59. The fourth-order valence-electron chi connectivity index (χ4n) is 1.54. The first kappa shape index (κ1) is 12.7. The van der Waals surface area contributed by atoms with Crippen LogP contribution >= 0.6 is 0 Å². The second-order valence-corrected chi connectivity index (χ2v) is 3.78. The van der Waals surface area contributed by atoms with Crippen LogP contribution in [0.25, 0.3) is 0 Å². The maximum atomic E-state index is 11.9. The van der Waals surface area contributed by atoms with Crippen LogP contribution in [-0.2, 0) is 9.59 Å². The number of rotatable bonds is 3. The number of carbonyl (C=O) groups is 2. The van der Waals surface area contributed by atoms with Crippen LogP contribution in [0.3, 0.4) is 0 Å². The van der Waals surface area contributed by atoms with Crippen molar-refractivity contribution in [1.29, 1.82) is 0 Å². The van der Waals surface area contributed by atoms with Gasteiger partial charge in [-0.2, -0.15) is 13.2 Å². The van der Waals surface area contributed by atoms with Gasteiger partial charge in [-0.25, -0.2) is 0 Å². The van der Waals surface area contributed by atoms with Crippen molar-refractivity contribution in [3.63, 3.8) is 0 Å². The molecule has 0 atom stereocenters. The van der Waals surface area contributed by atoms with E-state index in [1.165, 1.54) is 0 Å². The number of amides is 2. The van der Waals surface area contributed by atoms with Gasteiger partial charge in [0.25, 0.3) is 5.91 Å². The van der Waals surface area contributed by atoms with Crippen molar-refractivity contribution in [3.8, 4) is 0 Å². The smallest absolute Gasteiger partial charge is 0.292 e. The maximum Gasteiger partial charge on any atom is 0.389 e. The van der Waals surface area contributed by atoms with Crippen LogP contribution in [0.1, 0.15) is 32.6 Å². The van der Waals surface area contributed by atoms with Crippen molar-refractivity contribution in [2.24, 2.45) is 0 Å². The molecule has 1 rings (SSSR count). The first-order valence-corrected chi connectivity index (χ1v) is 4.89. The third kappa shape index (κ3) is 3.67. The minimum atomic E-state index is -4.17. The summed E-state index contributed by atoms with van der Waals surface area (Å²) in [5, 5.41) is 2.10. The second-order valence-electron chi connectivity index (χ2n) is 3.78. The van der Waals surface area contributed by atoms with E-state index in [1.807, 2.05) is 0 Å². The molecule has 0 bridgehead atoms. The third-order valence-electron chi connectivity index (χ3n) is 2.39. The highest BCUT2D eigenvalue weighted by molar-refractivity contribution is 6.13. The first-order valence-electron chi connectivity index (χ1n) is 4.89. The van der Waals surface area contributed by atoms with Gasteiger partial charge in [-0.1, -0.05) is 5.57 Å². The van der Waals surface area contributed by atoms with Gasteiger partial charge < -0.3 is 0 Å². The number of halogens is 3. The molecule has 3 nitrogen and oxygen atoms in total. The quantitative estimate of drug-likeness (QED) is 0.601. The highest BCUT2D eigenvalue weighted by Gasteiger charge is 2.28. The van der Waals surface area contributed by atoms with Gasteiger partial charge in [-0.15, -0.1) is 0 Å². The van der Waals surface area contributed by atoms with Crippen molar-refractivity contribution < 1.29 is 22.8 Å². The molecule has 0 unspecified atom stereocenters. The lowest BCUT2D eigenvalue weighted by Crippen LogP contribution is -2.19. The Bertz CT molecular complexity index is 344. The lowest BCUT2D eigenvalue weighted by Gasteiger charge is -2.07. The van der Waals surface area contributed by atoms with E-state index in [0.717, 1.165) is 0 Å². The average molecular weight is 235 g/mol. The highest BCUT2D eigenvalue weighted by Crippen LogP contribution is 2.25. The zero-order valence-electron chi connectivity index (χ0n) is 8.78. The molecule has 0 aliphatic carbocycles. The van der Waals surface area contributed by atoms with Gasteiger partial charge in [-0.3, -0.25) is 14.9 Å². The summed E-state index contributed by atoms with van der Waals surface area (Å²) in [6.07, 6.45) is -4.92. The third-order valence-corrected chi connectivity index (χ3v) is 2.39. The van der Waals surface area contributed by atoms with Crippen molar-refractivity contribution >= 4 is 11.8 Å². The number of imide groups is 1. The van der Waals surface area contributed by atoms with Gasteiger partial charge in [0.2, 0.25) is 5.91 Å². The standard InChI is InChI=1S/C10H12F3NO2/c1-6(3-2-4-10(11,12)13)7-5-8(15)14-9(7)16/h2-5H2,1H3,(H,14,15,16). The van der Waals surface area contributed by atoms with Gasteiger partial charge in [0.1, 0.15) is 0 Å². The lowest BCUT2D eigenvalue weighted by atomic mass is 10.0. The molecule has 0 aromatic carbocycles. The molecule has 0 radical (unpaired) electrons. The summed E-state index contributed by atoms with van der Waals surface area (Å²) < 4.78 is 35.6. The topological polar surface area (TPSA) is 46.2 Å². The van der Waals surface area contributed by atoms with E-state index >= 15 is 0 Å². The summed E-state index contributed by atoms with van der Waals surface area (Å²) in [6, 6.07) is 0. The normalized spacial score (nSPS) is 20.0. The first-order chi connectivity index (χ1) is 7.29. The molecule has 1 fully saturated rings. The molecule has 2 amide bonds. The molecule has 0 aromatic heterocycles. The summed E-state index contributed by atoms with van der Waals surface area (Å²) in [4.78, 5) is 22.0. The number of nitrogens with one attached hydrogen (secondary N) is 1. The summed E-state index contributed by atoms with van der Waals surface area (Å²) in [5.41, 5.74) is 0.875. The molecule has 1 heterocycles. The monoisotopic (exact) mass is 235 g/mol. The van der Waals surface area contributed by atoms with E-state index in [1.54, 1.807) is 6.92 Å². The maximum absolute atomic E-state index is 11.9. The summed E-state index contributed by atoms with van der Waals surface area (Å²) in [5.74, 6) is -0.871. The number of carbonyl (C=O) groups excluding carboxylic acids is 2. The molecule has 0 saturated carbocycles. The van der Waals surface area contributed by atoms with Gasteiger partial charge in [0.15, 0.2) is 0 Å². The number of hydrogen-bond donors (Lipinski definition) is 1. The molecule has 1 aliphatic rings. The Hall–Kier alpha value is -1.33. The largest absolute Gasteiger partial charge is 0.389 e. The van der Waals surface area contributed by atoms with Gasteiger partial charge in [0, 0.05) is 12.0 Å². The van der Waals surface area contributed by atoms with Crippen LogP contribution < -0.4 is 5.32 Å². The van der Waals surface area contributed by atoms with Crippen molar-refractivity contribution in [3.05, 3.63) is 11.1 Å². The Morgan fingerprint density at radius 2 is 2.00 bits per heavy atom. The second kappa shape index (κ2) is 4.67. The molecule has 1 aliphatic heterocycles. The molecule has 0 spiro atoms. The lowest BCUT2D eigenvalue weighted by molar-refractivity contribution is -0.135. The van der Waals surface area contributed by atoms with E-state index in [9.17, 15) is 22.8 Å². The Morgan fingerprint density at radius 3 is 2.44 bits per heavy atom. The molecule has 6 heteroatoms.